The number of hydrogen-bond acceptors (Lipinski definition) is 4. The van der Waals surface area contributed by atoms with E-state index >= 15 is 0 Å². The van der Waals surface area contributed by atoms with Crippen LogP contribution in [0.25, 0.3) is 0 Å². The third-order valence-corrected chi connectivity index (χ3v) is 2.79. The Morgan fingerprint density at radius 1 is 1.13 bits per heavy atom. The van der Waals surface area contributed by atoms with E-state index in [1.807, 2.05) is 18.2 Å². The minimum atomic E-state index is -0.533. The molecule has 2 rings (SSSR count). The average molecular weight is 319 g/mol. The molecule has 23 heavy (non-hydrogen) atoms. The molecule has 0 aliphatic carbocycles. The second-order valence-corrected chi connectivity index (χ2v) is 4.50. The zero-order chi connectivity index (χ0) is 16.5. The number of amides is 1. The maximum absolute atomic E-state index is 13.9. The molecule has 0 radical (unpaired) electrons. The lowest BCUT2D eigenvalue weighted by atomic mass is 10.3. The highest BCUT2D eigenvalue weighted by atomic mass is 19.1. The molecule has 0 aliphatic heterocycles. The summed E-state index contributed by atoms with van der Waals surface area (Å²) in [4.78, 5) is 11.1. The number of carbonyl (C=O) groups excluding carboxylic acids is 1. The molecule has 0 bridgehead atoms. The SMILES string of the molecule is CCOC(=O)NCCOc1ccc(Oc2ccccc2)cc1F. The predicted octanol–water partition coefficient (Wildman–Crippen LogP) is 3.74. The molecule has 2 aromatic carbocycles. The van der Waals surface area contributed by atoms with Crippen LogP contribution in [0.5, 0.6) is 17.2 Å². The topological polar surface area (TPSA) is 56.8 Å². The van der Waals surface area contributed by atoms with Crippen molar-refractivity contribution in [1.29, 1.82) is 0 Å². The number of hydrogen-bond donors (Lipinski definition) is 1. The first-order chi connectivity index (χ1) is 11.2. The number of nitrogens with one attached hydrogen (secondary N) is 1. The van der Waals surface area contributed by atoms with Gasteiger partial charge in [0.2, 0.25) is 0 Å². The van der Waals surface area contributed by atoms with E-state index in [0.717, 1.165) is 0 Å². The van der Waals surface area contributed by atoms with Gasteiger partial charge in [-0.05, 0) is 31.2 Å². The number of rotatable bonds is 7. The van der Waals surface area contributed by atoms with Crippen molar-refractivity contribution < 1.29 is 23.4 Å². The van der Waals surface area contributed by atoms with Crippen LogP contribution in [0.4, 0.5) is 9.18 Å². The quantitative estimate of drug-likeness (QED) is 0.790. The van der Waals surface area contributed by atoms with Gasteiger partial charge in [-0.1, -0.05) is 18.2 Å². The van der Waals surface area contributed by atoms with E-state index in [-0.39, 0.29) is 18.9 Å². The van der Waals surface area contributed by atoms with Crippen molar-refractivity contribution >= 4 is 6.09 Å². The van der Waals surface area contributed by atoms with E-state index in [1.165, 1.54) is 12.1 Å². The summed E-state index contributed by atoms with van der Waals surface area (Å²) in [7, 11) is 0. The minimum Gasteiger partial charge on any atom is -0.489 e. The van der Waals surface area contributed by atoms with E-state index < -0.39 is 11.9 Å². The summed E-state index contributed by atoms with van der Waals surface area (Å²) in [6.07, 6.45) is -0.525. The van der Waals surface area contributed by atoms with Gasteiger partial charge in [0.25, 0.3) is 0 Å². The molecule has 0 aromatic heterocycles. The van der Waals surface area contributed by atoms with Crippen LogP contribution in [0, 0.1) is 5.82 Å². The van der Waals surface area contributed by atoms with Gasteiger partial charge < -0.3 is 19.5 Å². The summed E-state index contributed by atoms with van der Waals surface area (Å²) in [5.41, 5.74) is 0. The molecule has 122 valence electrons. The molecule has 0 unspecified atom stereocenters. The van der Waals surface area contributed by atoms with Crippen LogP contribution in [0.15, 0.2) is 48.5 Å². The number of para-hydroxylation sites is 1. The van der Waals surface area contributed by atoms with Crippen molar-refractivity contribution in [2.24, 2.45) is 0 Å². The fraction of sp³-hybridized carbons (Fsp3) is 0.235. The molecule has 0 spiro atoms. The van der Waals surface area contributed by atoms with E-state index in [4.69, 9.17) is 14.2 Å². The number of alkyl carbamates (subject to hydrolysis) is 1. The van der Waals surface area contributed by atoms with E-state index in [2.05, 4.69) is 5.32 Å². The standard InChI is InChI=1S/C17H18FNO4/c1-2-21-17(20)19-10-11-22-16-9-8-14(12-15(16)18)23-13-6-4-3-5-7-13/h3-9,12H,2,10-11H2,1H3,(H,19,20). The van der Waals surface area contributed by atoms with E-state index in [1.54, 1.807) is 25.1 Å². The monoisotopic (exact) mass is 319 g/mol. The number of carbonyl (C=O) groups is 1. The highest BCUT2D eigenvalue weighted by Gasteiger charge is 2.07. The highest BCUT2D eigenvalue weighted by molar-refractivity contribution is 5.66. The first-order valence-electron chi connectivity index (χ1n) is 7.25. The van der Waals surface area contributed by atoms with Gasteiger partial charge in [0.05, 0.1) is 13.2 Å². The van der Waals surface area contributed by atoms with Crippen LogP contribution >= 0.6 is 0 Å². The largest absolute Gasteiger partial charge is 0.489 e. The Balaban J connectivity index is 1.83. The fourth-order valence-corrected chi connectivity index (χ4v) is 1.78. The zero-order valence-electron chi connectivity index (χ0n) is 12.8. The van der Waals surface area contributed by atoms with Crippen LogP contribution < -0.4 is 14.8 Å². The van der Waals surface area contributed by atoms with Gasteiger partial charge in [0.1, 0.15) is 18.1 Å². The molecule has 2 aromatic rings. The smallest absolute Gasteiger partial charge is 0.407 e. The Labute approximate surface area is 134 Å². The van der Waals surface area contributed by atoms with Gasteiger partial charge >= 0.3 is 6.09 Å². The molecule has 0 saturated heterocycles. The Morgan fingerprint density at radius 2 is 1.91 bits per heavy atom. The summed E-state index contributed by atoms with van der Waals surface area (Å²) in [5.74, 6) is 0.565. The number of halogens is 1. The Bertz CT molecular complexity index is 634. The van der Waals surface area contributed by atoms with Crippen LogP contribution in [0.1, 0.15) is 6.92 Å². The number of benzene rings is 2. The maximum Gasteiger partial charge on any atom is 0.407 e. The fourth-order valence-electron chi connectivity index (χ4n) is 1.78. The van der Waals surface area contributed by atoms with Gasteiger partial charge in [0, 0.05) is 6.07 Å². The minimum absolute atomic E-state index is 0.0936. The van der Waals surface area contributed by atoms with Gasteiger partial charge in [-0.3, -0.25) is 0 Å². The lowest BCUT2D eigenvalue weighted by Gasteiger charge is -2.10. The summed E-state index contributed by atoms with van der Waals surface area (Å²) >= 11 is 0. The molecule has 0 aliphatic rings. The third kappa shape index (κ3) is 5.50. The van der Waals surface area contributed by atoms with Crippen molar-refractivity contribution in [3.63, 3.8) is 0 Å². The number of ether oxygens (including phenoxy) is 3. The molecule has 0 fully saturated rings. The maximum atomic E-state index is 13.9. The predicted molar refractivity (Wildman–Crippen MR) is 83.4 cm³/mol. The lowest BCUT2D eigenvalue weighted by Crippen LogP contribution is -2.28. The Hall–Kier alpha value is -2.76. The molecule has 1 N–H and O–H groups in total. The van der Waals surface area contributed by atoms with Gasteiger partial charge in [-0.15, -0.1) is 0 Å². The van der Waals surface area contributed by atoms with Crippen LogP contribution in [-0.4, -0.2) is 25.9 Å². The first kappa shape index (κ1) is 16.6. The second-order valence-electron chi connectivity index (χ2n) is 4.50. The summed E-state index contributed by atoms with van der Waals surface area (Å²) in [6, 6.07) is 13.4. The van der Waals surface area contributed by atoms with E-state index in [9.17, 15) is 9.18 Å². The van der Waals surface area contributed by atoms with Crippen LogP contribution in [0.3, 0.4) is 0 Å². The first-order valence-corrected chi connectivity index (χ1v) is 7.25. The van der Waals surface area contributed by atoms with Crippen molar-refractivity contribution in [2.45, 2.75) is 6.92 Å². The molecule has 1 amide bonds. The van der Waals surface area contributed by atoms with Gasteiger partial charge in [-0.2, -0.15) is 0 Å². The average Bonchev–Trinajstić information content (AvgIpc) is 2.54. The van der Waals surface area contributed by atoms with Crippen LogP contribution in [-0.2, 0) is 4.74 Å². The molecule has 0 atom stereocenters. The van der Waals surface area contributed by atoms with E-state index in [0.29, 0.717) is 18.1 Å². The summed E-state index contributed by atoms with van der Waals surface area (Å²) in [6.45, 7) is 2.36. The second kappa shape index (κ2) is 8.63. The Kier molecular flexibility index (Phi) is 6.23. The highest BCUT2D eigenvalue weighted by Crippen LogP contribution is 2.26. The van der Waals surface area contributed by atoms with Crippen molar-refractivity contribution in [2.75, 3.05) is 19.8 Å². The summed E-state index contributed by atoms with van der Waals surface area (Å²) in [5, 5.41) is 2.48. The van der Waals surface area contributed by atoms with Gasteiger partial charge in [0.15, 0.2) is 11.6 Å². The molecular formula is C17H18FNO4. The normalized spacial score (nSPS) is 10.0. The molecule has 0 heterocycles. The van der Waals surface area contributed by atoms with Gasteiger partial charge in [-0.25, -0.2) is 9.18 Å². The van der Waals surface area contributed by atoms with Crippen molar-refractivity contribution in [1.82, 2.24) is 5.32 Å². The third-order valence-electron chi connectivity index (χ3n) is 2.79. The molecule has 6 heteroatoms. The lowest BCUT2D eigenvalue weighted by molar-refractivity contribution is 0.150. The van der Waals surface area contributed by atoms with Crippen molar-refractivity contribution in [3.8, 4) is 17.2 Å². The Morgan fingerprint density at radius 3 is 2.61 bits per heavy atom. The summed E-state index contributed by atoms with van der Waals surface area (Å²) < 4.78 is 29.4. The zero-order valence-corrected chi connectivity index (χ0v) is 12.8. The van der Waals surface area contributed by atoms with Crippen LogP contribution in [0.2, 0.25) is 0 Å². The molecule has 0 saturated carbocycles. The molecule has 5 nitrogen and oxygen atoms in total. The van der Waals surface area contributed by atoms with Crippen molar-refractivity contribution in [3.05, 3.63) is 54.3 Å². The molecular weight excluding hydrogens is 301 g/mol.